The largest absolute Gasteiger partial charge is 0.445 e. The number of halogens is 1. The zero-order valence-corrected chi connectivity index (χ0v) is 28.5. The van der Waals surface area contributed by atoms with Crippen LogP contribution in [-0.2, 0) is 16.1 Å². The summed E-state index contributed by atoms with van der Waals surface area (Å²) in [5, 5.41) is 0.610. The number of carbonyl (C=O) groups excluding carboxylic acids is 2. The molecular weight excluding hydrogens is 614 g/mol. The minimum Gasteiger partial charge on any atom is -0.445 e. The lowest BCUT2D eigenvalue weighted by atomic mass is 9.97. The Kier molecular flexibility index (Phi) is 11.6. The molecule has 2 aromatic rings. The van der Waals surface area contributed by atoms with Crippen LogP contribution in [0, 0.1) is 0 Å². The van der Waals surface area contributed by atoms with E-state index in [9.17, 15) is 9.59 Å². The van der Waals surface area contributed by atoms with Gasteiger partial charge in [-0.05, 0) is 73.8 Å². The van der Waals surface area contributed by atoms with Gasteiger partial charge in [0.15, 0.2) is 0 Å². The summed E-state index contributed by atoms with van der Waals surface area (Å²) < 4.78 is 11.2. The van der Waals surface area contributed by atoms with Crippen molar-refractivity contribution in [3.63, 3.8) is 0 Å². The molecule has 0 N–H and O–H groups in total. The van der Waals surface area contributed by atoms with Gasteiger partial charge in [0.2, 0.25) is 0 Å². The van der Waals surface area contributed by atoms with E-state index in [0.717, 1.165) is 34.4 Å². The molecule has 5 rings (SSSR count). The van der Waals surface area contributed by atoms with Crippen molar-refractivity contribution >= 4 is 29.9 Å². The topological polar surface area (TPSA) is 78.5 Å². The molecule has 47 heavy (non-hydrogen) atoms. The predicted molar refractivity (Wildman–Crippen MR) is 186 cm³/mol. The second kappa shape index (κ2) is 15.8. The summed E-state index contributed by atoms with van der Waals surface area (Å²) in [7, 11) is 0. The van der Waals surface area contributed by atoms with Gasteiger partial charge in [0, 0.05) is 70.1 Å². The molecule has 10 heteroatoms. The molecule has 0 radical (unpaired) electrons. The molecule has 3 aliphatic rings. The molecule has 0 spiro atoms. The second-order valence-electron chi connectivity index (χ2n) is 13.2. The van der Waals surface area contributed by atoms with Crippen LogP contribution in [0.15, 0.2) is 89.6 Å². The lowest BCUT2D eigenvalue weighted by Gasteiger charge is -2.39. The number of nitrogens with zero attached hydrogens (tertiary/aromatic N) is 5. The summed E-state index contributed by atoms with van der Waals surface area (Å²) >= 11 is 6.68. The number of hydrogen-bond donors (Lipinski definition) is 0. The molecule has 1 unspecified atom stereocenters. The maximum absolute atomic E-state index is 12.7. The van der Waals surface area contributed by atoms with Crippen molar-refractivity contribution in [1.29, 1.82) is 0 Å². The van der Waals surface area contributed by atoms with E-state index >= 15 is 0 Å². The molecule has 250 valence electrons. The number of amides is 2. The highest BCUT2D eigenvalue weighted by molar-refractivity contribution is 6.31. The van der Waals surface area contributed by atoms with Crippen molar-refractivity contribution < 1.29 is 19.1 Å². The van der Waals surface area contributed by atoms with Crippen LogP contribution in [0.2, 0.25) is 0 Å². The average Bonchev–Trinajstić information content (AvgIpc) is 3.07. The summed E-state index contributed by atoms with van der Waals surface area (Å²) in [6, 6.07) is 13.8. The van der Waals surface area contributed by atoms with E-state index in [0.29, 0.717) is 63.9 Å². The fourth-order valence-corrected chi connectivity index (χ4v) is 6.21. The maximum atomic E-state index is 12.7. The predicted octanol–water partition coefficient (Wildman–Crippen LogP) is 6.65. The number of aromatic nitrogens is 1. The first-order valence-electron chi connectivity index (χ1n) is 16.3. The fraction of sp³-hybridized carbons (Fsp3) is 0.432. The number of pyridine rings is 1. The molecule has 1 aromatic heterocycles. The molecule has 1 aliphatic carbocycles. The zero-order valence-electron chi connectivity index (χ0n) is 27.7. The van der Waals surface area contributed by atoms with Gasteiger partial charge in [0.05, 0.1) is 11.7 Å². The minimum atomic E-state index is -0.528. The van der Waals surface area contributed by atoms with Crippen molar-refractivity contribution in [2.75, 3.05) is 58.9 Å². The first-order valence-corrected chi connectivity index (χ1v) is 16.7. The minimum absolute atomic E-state index is 0.00186. The molecule has 0 bridgehead atoms. The van der Waals surface area contributed by atoms with Crippen molar-refractivity contribution in [3.05, 3.63) is 106 Å². The zero-order chi connectivity index (χ0) is 33.4. The van der Waals surface area contributed by atoms with E-state index in [1.165, 1.54) is 0 Å². The average molecular weight is 660 g/mol. The Bertz CT molecular complexity index is 1500. The molecule has 0 saturated carbocycles. The van der Waals surface area contributed by atoms with Crippen LogP contribution in [0.4, 0.5) is 9.59 Å². The third-order valence-corrected chi connectivity index (χ3v) is 8.75. The first kappa shape index (κ1) is 34.4. The standard InChI is InChI=1S/C37H46ClN5O4/c1-28-24-32(38)13-8-14-33(41-20-22-43(23-21-41)36(45)47-37(2,3)4)34-30(12-9-15-39-34)25-31(28)26-40-16-18-42(19-17-40)35(44)46-27-29-10-6-5-7-11-29/h5-13,15,24-25,33H,1,14,16-23,26-27H2,2-4H3/b13-8-,31-25?,32-24+. The fourth-order valence-electron chi connectivity index (χ4n) is 5.99. The van der Waals surface area contributed by atoms with Gasteiger partial charge >= 0.3 is 12.2 Å². The van der Waals surface area contributed by atoms with Gasteiger partial charge in [0.1, 0.15) is 12.2 Å². The smallest absolute Gasteiger partial charge is 0.410 e. The summed E-state index contributed by atoms with van der Waals surface area (Å²) in [5.41, 5.74) is 4.34. The normalized spacial score (nSPS) is 21.9. The number of ether oxygens (including phenoxy) is 2. The third kappa shape index (κ3) is 9.79. The molecule has 2 fully saturated rings. The summed E-state index contributed by atoms with van der Waals surface area (Å²) in [6.07, 6.45) is 10.1. The number of rotatable bonds is 5. The SMILES string of the molecule is C=C1/C=C(Cl)\C=C/CC(N2CCN(C(=O)OC(C)(C)C)CC2)c2ncccc2C=C1CN1CCN(C(=O)OCc2ccccc2)CC1. The van der Waals surface area contributed by atoms with Gasteiger partial charge < -0.3 is 19.3 Å². The van der Waals surface area contributed by atoms with Crippen LogP contribution < -0.4 is 0 Å². The Hall–Kier alpha value is -3.92. The molecule has 2 amide bonds. The molecule has 2 saturated heterocycles. The Labute approximate surface area is 283 Å². The van der Waals surface area contributed by atoms with E-state index in [4.69, 9.17) is 26.1 Å². The molecule has 1 atom stereocenters. The van der Waals surface area contributed by atoms with Gasteiger partial charge in [-0.15, -0.1) is 0 Å². The molecule has 2 aliphatic heterocycles. The highest BCUT2D eigenvalue weighted by atomic mass is 35.5. The van der Waals surface area contributed by atoms with Crippen LogP contribution in [0.5, 0.6) is 0 Å². The number of benzene rings is 1. The Morgan fingerprint density at radius 3 is 2.30 bits per heavy atom. The number of allylic oxidation sites excluding steroid dienone is 3. The van der Waals surface area contributed by atoms with Gasteiger partial charge in [0.25, 0.3) is 0 Å². The quantitative estimate of drug-likeness (QED) is 0.356. The van der Waals surface area contributed by atoms with Crippen molar-refractivity contribution in [2.24, 2.45) is 0 Å². The van der Waals surface area contributed by atoms with E-state index in [-0.39, 0.29) is 24.8 Å². The van der Waals surface area contributed by atoms with Crippen LogP contribution in [0.25, 0.3) is 6.08 Å². The Balaban J connectivity index is 1.28. The molecule has 3 heterocycles. The highest BCUT2D eigenvalue weighted by Gasteiger charge is 2.31. The first-order chi connectivity index (χ1) is 22.6. The van der Waals surface area contributed by atoms with Crippen molar-refractivity contribution in [2.45, 2.75) is 45.4 Å². The van der Waals surface area contributed by atoms with Gasteiger partial charge in [-0.1, -0.05) is 60.7 Å². The van der Waals surface area contributed by atoms with Crippen LogP contribution in [0.1, 0.15) is 50.1 Å². The lowest BCUT2D eigenvalue weighted by Crippen LogP contribution is -2.51. The van der Waals surface area contributed by atoms with Gasteiger partial charge in [-0.2, -0.15) is 0 Å². The summed E-state index contributed by atoms with van der Waals surface area (Å²) in [6.45, 7) is 16.2. The molecule has 1 aromatic carbocycles. The monoisotopic (exact) mass is 659 g/mol. The van der Waals surface area contributed by atoms with Gasteiger partial charge in [-0.25, -0.2) is 9.59 Å². The van der Waals surface area contributed by atoms with E-state index < -0.39 is 5.60 Å². The van der Waals surface area contributed by atoms with E-state index in [2.05, 4.69) is 34.6 Å². The van der Waals surface area contributed by atoms with E-state index in [1.807, 2.05) is 75.5 Å². The van der Waals surface area contributed by atoms with Crippen LogP contribution in [0.3, 0.4) is 0 Å². The van der Waals surface area contributed by atoms with Crippen LogP contribution in [-0.4, -0.2) is 101 Å². The van der Waals surface area contributed by atoms with Crippen LogP contribution >= 0.6 is 11.6 Å². The van der Waals surface area contributed by atoms with Crippen molar-refractivity contribution in [1.82, 2.24) is 24.6 Å². The lowest BCUT2D eigenvalue weighted by molar-refractivity contribution is 0.0101. The Morgan fingerprint density at radius 1 is 0.915 bits per heavy atom. The summed E-state index contributed by atoms with van der Waals surface area (Å²) in [4.78, 5) is 38.6. The number of fused-ring (bicyclic) bond motifs is 1. The van der Waals surface area contributed by atoms with E-state index in [1.54, 1.807) is 9.80 Å². The van der Waals surface area contributed by atoms with Crippen molar-refractivity contribution in [3.8, 4) is 0 Å². The highest BCUT2D eigenvalue weighted by Crippen LogP contribution is 2.31. The molecule has 9 nitrogen and oxygen atoms in total. The third-order valence-electron chi connectivity index (χ3n) is 8.51. The number of piperazine rings is 2. The Morgan fingerprint density at radius 2 is 1.60 bits per heavy atom. The number of carbonyl (C=O) groups is 2. The maximum Gasteiger partial charge on any atom is 0.410 e. The number of hydrogen-bond acceptors (Lipinski definition) is 7. The second-order valence-corrected chi connectivity index (χ2v) is 13.6. The molecular formula is C37H46ClN5O4. The summed E-state index contributed by atoms with van der Waals surface area (Å²) in [5.74, 6) is 0. The van der Waals surface area contributed by atoms with Gasteiger partial charge in [-0.3, -0.25) is 14.8 Å².